The molecule has 1 aromatic heterocycles. The number of carbonyl (C=O) groups excluding carboxylic acids is 1. The Kier molecular flexibility index (Phi) is 6.98. The van der Waals surface area contributed by atoms with Gasteiger partial charge in [-0.3, -0.25) is 14.5 Å². The molecule has 1 atom stereocenters. The summed E-state index contributed by atoms with van der Waals surface area (Å²) in [4.78, 5) is 12.8. The van der Waals surface area contributed by atoms with E-state index in [1.165, 1.54) is 0 Å². The molecule has 2 heterocycles. The first kappa shape index (κ1) is 22.8. The maximum absolute atomic E-state index is 12.8. The summed E-state index contributed by atoms with van der Waals surface area (Å²) in [6, 6.07) is 11.5. The zero-order valence-electron chi connectivity index (χ0n) is 19.0. The Balaban J connectivity index is 1.47. The number of carbonyl (C=O) groups is 1. The van der Waals surface area contributed by atoms with Gasteiger partial charge in [0, 0.05) is 29.7 Å². The Labute approximate surface area is 197 Å². The number of H-pyrrole nitrogens is 1. The van der Waals surface area contributed by atoms with Crippen molar-refractivity contribution in [2.75, 3.05) is 13.2 Å². The van der Waals surface area contributed by atoms with E-state index in [1.807, 2.05) is 57.2 Å². The Morgan fingerprint density at radius 3 is 2.73 bits per heavy atom. The van der Waals surface area contributed by atoms with Gasteiger partial charge in [-0.2, -0.15) is 5.10 Å². The van der Waals surface area contributed by atoms with Crippen LogP contribution in [0.3, 0.4) is 0 Å². The average Bonchev–Trinajstić information content (AvgIpc) is 3.34. The second-order valence-corrected chi connectivity index (χ2v) is 8.19. The fraction of sp³-hybridized carbons (Fsp3) is 0.375. The van der Waals surface area contributed by atoms with Gasteiger partial charge in [-0.25, -0.2) is 0 Å². The van der Waals surface area contributed by atoms with Crippen LogP contribution in [0.2, 0.25) is 0 Å². The first-order chi connectivity index (χ1) is 16.0. The van der Waals surface area contributed by atoms with Crippen LogP contribution in [0.1, 0.15) is 31.9 Å². The normalized spacial score (nSPS) is 14.5. The topological polar surface area (TPSA) is 90.4 Å². The largest absolute Gasteiger partial charge is 0.494 e. The van der Waals surface area contributed by atoms with Crippen molar-refractivity contribution in [3.63, 3.8) is 0 Å². The van der Waals surface area contributed by atoms with Crippen LogP contribution in [0.15, 0.2) is 36.4 Å². The molecule has 1 unspecified atom stereocenters. The van der Waals surface area contributed by atoms with Crippen molar-refractivity contribution in [3.8, 4) is 28.6 Å². The number of aromatic nitrogens is 3. The highest BCUT2D eigenvalue weighted by atomic mass is 32.1. The number of fused-ring (bicyclic) bond motifs is 1. The van der Waals surface area contributed by atoms with Gasteiger partial charge in [-0.15, -0.1) is 0 Å². The minimum atomic E-state index is -0.183. The second-order valence-electron chi connectivity index (χ2n) is 7.81. The number of aromatic amines is 1. The number of nitrogens with zero attached hydrogens (tertiary/aromatic N) is 2. The van der Waals surface area contributed by atoms with E-state index in [2.05, 4.69) is 15.5 Å². The number of benzene rings is 2. The van der Waals surface area contributed by atoms with E-state index < -0.39 is 0 Å². The lowest BCUT2D eigenvalue weighted by atomic mass is 10.1. The van der Waals surface area contributed by atoms with Gasteiger partial charge >= 0.3 is 0 Å². The Morgan fingerprint density at radius 1 is 1.24 bits per heavy atom. The maximum atomic E-state index is 12.8. The van der Waals surface area contributed by atoms with Gasteiger partial charge in [0.05, 0.1) is 13.2 Å². The average molecular weight is 469 g/mol. The molecule has 0 bridgehead atoms. The molecule has 174 valence electrons. The standard InChI is InChI=1S/C24H28N4O4S/c1-4-30-19-8-6-16(7-9-19)23-26-27-24(33)28(23)14-22(29)25-13-18-12-21-17(10-15(3)32-21)11-20(18)31-5-2/h6-9,11-12,15H,4-5,10,13-14H2,1-3H3,(H,25,29)(H,27,33). The summed E-state index contributed by atoms with van der Waals surface area (Å²) >= 11 is 5.36. The molecule has 1 amide bonds. The lowest BCUT2D eigenvalue weighted by molar-refractivity contribution is -0.121. The molecule has 2 aromatic carbocycles. The Morgan fingerprint density at radius 2 is 2.00 bits per heavy atom. The van der Waals surface area contributed by atoms with Crippen molar-refractivity contribution in [1.82, 2.24) is 20.1 Å². The van der Waals surface area contributed by atoms with Crippen molar-refractivity contribution >= 4 is 18.1 Å². The lowest BCUT2D eigenvalue weighted by Gasteiger charge is -2.14. The van der Waals surface area contributed by atoms with Crippen LogP contribution in [-0.4, -0.2) is 40.0 Å². The molecule has 0 radical (unpaired) electrons. The van der Waals surface area contributed by atoms with Gasteiger partial charge < -0.3 is 19.5 Å². The first-order valence-electron chi connectivity index (χ1n) is 11.1. The van der Waals surface area contributed by atoms with Crippen LogP contribution in [0.25, 0.3) is 11.4 Å². The van der Waals surface area contributed by atoms with Gasteiger partial charge in [0.1, 0.15) is 29.9 Å². The number of amides is 1. The number of rotatable bonds is 9. The second kappa shape index (κ2) is 10.1. The van der Waals surface area contributed by atoms with Crippen LogP contribution >= 0.6 is 12.2 Å². The summed E-state index contributed by atoms with van der Waals surface area (Å²) in [5.74, 6) is 2.80. The third-order valence-corrected chi connectivity index (χ3v) is 5.65. The molecule has 4 rings (SSSR count). The zero-order valence-corrected chi connectivity index (χ0v) is 19.8. The highest BCUT2D eigenvalue weighted by molar-refractivity contribution is 7.71. The first-order valence-corrected chi connectivity index (χ1v) is 11.5. The van der Waals surface area contributed by atoms with Crippen molar-refractivity contribution in [3.05, 3.63) is 52.3 Å². The predicted molar refractivity (Wildman–Crippen MR) is 127 cm³/mol. The lowest BCUT2D eigenvalue weighted by Crippen LogP contribution is -2.27. The molecule has 1 aliphatic rings. The maximum Gasteiger partial charge on any atom is 0.240 e. The fourth-order valence-electron chi connectivity index (χ4n) is 3.85. The van der Waals surface area contributed by atoms with E-state index >= 15 is 0 Å². The molecule has 9 heteroatoms. The number of hydrogen-bond acceptors (Lipinski definition) is 6. The molecule has 0 spiro atoms. The van der Waals surface area contributed by atoms with Crippen LogP contribution in [0, 0.1) is 4.77 Å². The highest BCUT2D eigenvalue weighted by Gasteiger charge is 2.22. The zero-order chi connectivity index (χ0) is 23.4. The Hall–Kier alpha value is -3.33. The smallest absolute Gasteiger partial charge is 0.240 e. The van der Waals surface area contributed by atoms with Gasteiger partial charge in [-0.1, -0.05) is 0 Å². The van der Waals surface area contributed by atoms with Crippen LogP contribution in [-0.2, 0) is 24.3 Å². The third-order valence-electron chi connectivity index (χ3n) is 5.34. The summed E-state index contributed by atoms with van der Waals surface area (Å²) in [5, 5.41) is 10.1. The monoisotopic (exact) mass is 468 g/mol. The summed E-state index contributed by atoms with van der Waals surface area (Å²) < 4.78 is 19.2. The van der Waals surface area contributed by atoms with Gasteiger partial charge in [0.2, 0.25) is 5.91 Å². The van der Waals surface area contributed by atoms with Gasteiger partial charge in [0.25, 0.3) is 0 Å². The number of nitrogens with one attached hydrogen (secondary N) is 2. The Bertz CT molecular complexity index is 1190. The van der Waals surface area contributed by atoms with Crippen LogP contribution in [0.5, 0.6) is 17.2 Å². The van der Waals surface area contributed by atoms with E-state index in [0.29, 0.717) is 30.4 Å². The quantitative estimate of drug-likeness (QED) is 0.461. The van der Waals surface area contributed by atoms with Crippen LogP contribution in [0.4, 0.5) is 0 Å². The molecule has 0 fully saturated rings. The SMILES string of the molecule is CCOc1ccc(-c2n[nH]c(=S)n2CC(=O)NCc2cc3c(cc2OCC)CC(C)O3)cc1. The predicted octanol–water partition coefficient (Wildman–Crippen LogP) is 4.04. The molecule has 1 aliphatic heterocycles. The molecular weight excluding hydrogens is 440 g/mol. The van der Waals surface area contributed by atoms with E-state index in [9.17, 15) is 4.79 Å². The van der Waals surface area contributed by atoms with E-state index in [-0.39, 0.29) is 18.6 Å². The summed E-state index contributed by atoms with van der Waals surface area (Å²) in [6.07, 6.45) is 0.998. The molecule has 8 nitrogen and oxygen atoms in total. The minimum absolute atomic E-state index is 0.0420. The fourth-order valence-corrected chi connectivity index (χ4v) is 4.05. The van der Waals surface area contributed by atoms with Crippen molar-refractivity contribution in [1.29, 1.82) is 0 Å². The summed E-state index contributed by atoms with van der Waals surface area (Å²) in [7, 11) is 0. The molecular formula is C24H28N4O4S. The van der Waals surface area contributed by atoms with Crippen LogP contribution < -0.4 is 19.5 Å². The van der Waals surface area contributed by atoms with E-state index in [4.69, 9.17) is 26.4 Å². The summed E-state index contributed by atoms with van der Waals surface area (Å²) in [5.41, 5.74) is 2.84. The molecule has 2 N–H and O–H groups in total. The highest BCUT2D eigenvalue weighted by Crippen LogP contribution is 2.35. The molecule has 0 aliphatic carbocycles. The van der Waals surface area contributed by atoms with Gasteiger partial charge in [-0.05, 0) is 69.4 Å². The number of ether oxygens (including phenoxy) is 3. The summed E-state index contributed by atoms with van der Waals surface area (Å²) in [6.45, 7) is 7.43. The van der Waals surface area contributed by atoms with Crippen molar-refractivity contribution < 1.29 is 19.0 Å². The molecule has 0 saturated carbocycles. The van der Waals surface area contributed by atoms with E-state index in [1.54, 1.807) is 4.57 Å². The third kappa shape index (κ3) is 5.19. The van der Waals surface area contributed by atoms with E-state index in [0.717, 1.165) is 40.4 Å². The number of hydrogen-bond donors (Lipinski definition) is 2. The van der Waals surface area contributed by atoms with Gasteiger partial charge in [0.15, 0.2) is 10.6 Å². The molecule has 3 aromatic rings. The molecule has 33 heavy (non-hydrogen) atoms. The van der Waals surface area contributed by atoms with Crippen molar-refractivity contribution in [2.45, 2.75) is 46.4 Å². The van der Waals surface area contributed by atoms with Crippen molar-refractivity contribution in [2.24, 2.45) is 0 Å². The minimum Gasteiger partial charge on any atom is -0.494 e. The molecule has 0 saturated heterocycles.